The molecule has 0 aromatic carbocycles. The van der Waals surface area contributed by atoms with Crippen LogP contribution in [0.5, 0.6) is 0 Å². The predicted molar refractivity (Wildman–Crippen MR) is 77.0 cm³/mol. The van der Waals surface area contributed by atoms with Gasteiger partial charge in [0.05, 0.1) is 5.69 Å². The Labute approximate surface area is 119 Å². The summed E-state index contributed by atoms with van der Waals surface area (Å²) in [4.78, 5) is 15.3. The van der Waals surface area contributed by atoms with Crippen LogP contribution in [0.25, 0.3) is 0 Å². The SMILES string of the molecule is CCCNc1ccncc1S(=O)(=O)NC(=O)NC(C)C. The number of amides is 2. The molecule has 0 bridgehead atoms. The third-order valence-corrected chi connectivity index (χ3v) is 3.64. The zero-order chi connectivity index (χ0) is 15.2. The van der Waals surface area contributed by atoms with Crippen molar-refractivity contribution < 1.29 is 13.2 Å². The number of pyridine rings is 1. The molecule has 7 nitrogen and oxygen atoms in total. The van der Waals surface area contributed by atoms with Crippen LogP contribution in [-0.2, 0) is 10.0 Å². The maximum absolute atomic E-state index is 12.2. The third kappa shape index (κ3) is 4.69. The lowest BCUT2D eigenvalue weighted by Crippen LogP contribution is -2.42. The van der Waals surface area contributed by atoms with E-state index in [-0.39, 0.29) is 10.9 Å². The number of carbonyl (C=O) groups is 1. The minimum Gasteiger partial charge on any atom is -0.384 e. The summed E-state index contributed by atoms with van der Waals surface area (Å²) in [5, 5.41) is 5.45. The van der Waals surface area contributed by atoms with E-state index in [9.17, 15) is 13.2 Å². The first-order chi connectivity index (χ1) is 9.36. The molecular weight excluding hydrogens is 280 g/mol. The van der Waals surface area contributed by atoms with E-state index in [1.807, 2.05) is 11.6 Å². The summed E-state index contributed by atoms with van der Waals surface area (Å²) < 4.78 is 26.3. The van der Waals surface area contributed by atoms with Crippen LogP contribution >= 0.6 is 0 Å². The molecule has 1 aromatic heterocycles. The van der Waals surface area contributed by atoms with Crippen LogP contribution in [0.3, 0.4) is 0 Å². The Hall–Kier alpha value is -1.83. The number of urea groups is 1. The maximum Gasteiger partial charge on any atom is 0.328 e. The van der Waals surface area contributed by atoms with Crippen molar-refractivity contribution in [3.8, 4) is 0 Å². The Kier molecular flexibility index (Phi) is 5.75. The molecule has 1 aromatic rings. The number of aromatic nitrogens is 1. The molecule has 1 rings (SSSR count). The number of sulfonamides is 1. The van der Waals surface area contributed by atoms with Crippen LogP contribution in [0.15, 0.2) is 23.4 Å². The molecule has 8 heteroatoms. The number of rotatable bonds is 6. The second-order valence-corrected chi connectivity index (χ2v) is 6.18. The summed E-state index contributed by atoms with van der Waals surface area (Å²) in [6.07, 6.45) is 3.55. The van der Waals surface area contributed by atoms with Gasteiger partial charge in [-0.2, -0.15) is 0 Å². The van der Waals surface area contributed by atoms with Crippen LogP contribution in [0.2, 0.25) is 0 Å². The lowest BCUT2D eigenvalue weighted by molar-refractivity contribution is 0.243. The van der Waals surface area contributed by atoms with Crippen molar-refractivity contribution in [3.63, 3.8) is 0 Å². The summed E-state index contributed by atoms with van der Waals surface area (Å²) in [6.45, 7) is 6.08. The zero-order valence-corrected chi connectivity index (χ0v) is 12.6. The van der Waals surface area contributed by atoms with Crippen LogP contribution in [0.4, 0.5) is 10.5 Å². The molecule has 0 aliphatic heterocycles. The Morgan fingerprint density at radius 3 is 2.70 bits per heavy atom. The highest BCUT2D eigenvalue weighted by molar-refractivity contribution is 7.90. The molecule has 112 valence electrons. The van der Waals surface area contributed by atoms with E-state index in [1.54, 1.807) is 19.9 Å². The van der Waals surface area contributed by atoms with Gasteiger partial charge in [-0.3, -0.25) is 4.98 Å². The molecule has 0 aliphatic rings. The normalized spacial score (nSPS) is 11.2. The molecule has 0 aliphatic carbocycles. The van der Waals surface area contributed by atoms with Crippen molar-refractivity contribution in [2.24, 2.45) is 0 Å². The van der Waals surface area contributed by atoms with E-state index in [2.05, 4.69) is 15.6 Å². The lowest BCUT2D eigenvalue weighted by atomic mass is 10.4. The van der Waals surface area contributed by atoms with E-state index in [0.717, 1.165) is 6.42 Å². The van der Waals surface area contributed by atoms with Crippen LogP contribution in [0, 0.1) is 0 Å². The Morgan fingerprint density at radius 1 is 1.40 bits per heavy atom. The number of nitrogens with one attached hydrogen (secondary N) is 3. The summed E-state index contributed by atoms with van der Waals surface area (Å²) in [5.41, 5.74) is 0.423. The number of hydrogen-bond acceptors (Lipinski definition) is 5. The number of hydrogen-bond donors (Lipinski definition) is 3. The van der Waals surface area contributed by atoms with Crippen molar-refractivity contribution in [2.75, 3.05) is 11.9 Å². The number of anilines is 1. The minimum absolute atomic E-state index is 0.0487. The largest absolute Gasteiger partial charge is 0.384 e. The van der Waals surface area contributed by atoms with Crippen LogP contribution in [0.1, 0.15) is 27.2 Å². The second kappa shape index (κ2) is 7.09. The third-order valence-electron chi connectivity index (χ3n) is 2.29. The van der Waals surface area contributed by atoms with E-state index in [0.29, 0.717) is 12.2 Å². The first kappa shape index (κ1) is 16.2. The topological polar surface area (TPSA) is 100 Å². The molecule has 3 N–H and O–H groups in total. The molecule has 0 saturated carbocycles. The van der Waals surface area contributed by atoms with Crippen molar-refractivity contribution in [1.82, 2.24) is 15.0 Å². The zero-order valence-electron chi connectivity index (χ0n) is 11.8. The van der Waals surface area contributed by atoms with E-state index in [4.69, 9.17) is 0 Å². The van der Waals surface area contributed by atoms with Crippen molar-refractivity contribution in [3.05, 3.63) is 18.5 Å². The molecular formula is C12H20N4O3S. The molecule has 0 atom stereocenters. The smallest absolute Gasteiger partial charge is 0.328 e. The highest BCUT2D eigenvalue weighted by atomic mass is 32.2. The molecule has 1 heterocycles. The predicted octanol–water partition coefficient (Wildman–Crippen LogP) is 1.30. The molecule has 0 unspecified atom stereocenters. The fourth-order valence-corrected chi connectivity index (χ4v) is 2.51. The van der Waals surface area contributed by atoms with Gasteiger partial charge in [0.15, 0.2) is 0 Å². The monoisotopic (exact) mass is 300 g/mol. The van der Waals surface area contributed by atoms with Gasteiger partial charge in [0.2, 0.25) is 0 Å². The first-order valence-corrected chi connectivity index (χ1v) is 7.86. The van der Waals surface area contributed by atoms with Crippen molar-refractivity contribution >= 4 is 21.7 Å². The summed E-state index contributed by atoms with van der Waals surface area (Å²) in [7, 11) is -3.95. The standard InChI is InChI=1S/C12H20N4O3S/c1-4-6-14-10-5-7-13-8-11(10)20(18,19)16-12(17)15-9(2)3/h5,7-9H,4,6H2,1-3H3,(H,13,14)(H2,15,16,17). The average Bonchev–Trinajstić information content (AvgIpc) is 2.34. The second-order valence-electron chi connectivity index (χ2n) is 4.53. The summed E-state index contributed by atoms with van der Waals surface area (Å²) in [6, 6.07) is 0.645. The van der Waals surface area contributed by atoms with Gasteiger partial charge in [0.1, 0.15) is 4.90 Å². The summed E-state index contributed by atoms with van der Waals surface area (Å²) in [5.74, 6) is 0. The molecule has 0 fully saturated rings. The highest BCUT2D eigenvalue weighted by Crippen LogP contribution is 2.19. The van der Waals surface area contributed by atoms with Gasteiger partial charge in [0, 0.05) is 25.0 Å². The number of nitrogens with zero attached hydrogens (tertiary/aromatic N) is 1. The van der Waals surface area contributed by atoms with Gasteiger partial charge in [-0.15, -0.1) is 0 Å². The van der Waals surface area contributed by atoms with Gasteiger partial charge < -0.3 is 10.6 Å². The maximum atomic E-state index is 12.2. The quantitative estimate of drug-likeness (QED) is 0.735. The highest BCUT2D eigenvalue weighted by Gasteiger charge is 2.21. The van der Waals surface area contributed by atoms with Crippen LogP contribution < -0.4 is 15.4 Å². The minimum atomic E-state index is -3.95. The average molecular weight is 300 g/mol. The fraction of sp³-hybridized carbons (Fsp3) is 0.500. The molecule has 0 spiro atoms. The van der Waals surface area contributed by atoms with Gasteiger partial charge in [0.25, 0.3) is 10.0 Å². The fourth-order valence-electron chi connectivity index (χ4n) is 1.47. The Morgan fingerprint density at radius 2 is 2.10 bits per heavy atom. The van der Waals surface area contributed by atoms with Gasteiger partial charge in [-0.05, 0) is 26.3 Å². The Bertz CT molecular complexity index is 558. The molecule has 2 amide bonds. The molecule has 0 saturated heterocycles. The van der Waals surface area contributed by atoms with Gasteiger partial charge in [-0.1, -0.05) is 6.92 Å². The van der Waals surface area contributed by atoms with E-state index in [1.165, 1.54) is 12.4 Å². The summed E-state index contributed by atoms with van der Waals surface area (Å²) >= 11 is 0. The molecule has 20 heavy (non-hydrogen) atoms. The van der Waals surface area contributed by atoms with E-state index < -0.39 is 16.1 Å². The van der Waals surface area contributed by atoms with Crippen molar-refractivity contribution in [1.29, 1.82) is 0 Å². The van der Waals surface area contributed by atoms with Gasteiger partial charge in [-0.25, -0.2) is 17.9 Å². The van der Waals surface area contributed by atoms with Crippen LogP contribution in [-0.4, -0.2) is 32.0 Å². The number of carbonyl (C=O) groups excluding carboxylic acids is 1. The Balaban J connectivity index is 2.94. The molecule has 0 radical (unpaired) electrons. The lowest BCUT2D eigenvalue weighted by Gasteiger charge is -2.13. The van der Waals surface area contributed by atoms with Crippen molar-refractivity contribution in [2.45, 2.75) is 38.1 Å². The van der Waals surface area contributed by atoms with Gasteiger partial charge >= 0.3 is 6.03 Å². The first-order valence-electron chi connectivity index (χ1n) is 6.38. The van der Waals surface area contributed by atoms with E-state index >= 15 is 0 Å².